The van der Waals surface area contributed by atoms with Crippen LogP contribution in [-0.2, 0) is 0 Å². The molecule has 0 bridgehead atoms. The molecule has 1 heterocycles. The average Bonchev–Trinajstić information content (AvgIpc) is 2.40. The number of aliphatic hydroxyl groups excluding tert-OH is 1. The minimum absolute atomic E-state index is 0.234. The van der Waals surface area contributed by atoms with Gasteiger partial charge in [0.1, 0.15) is 5.82 Å². The second-order valence-electron chi connectivity index (χ2n) is 5.18. The summed E-state index contributed by atoms with van der Waals surface area (Å²) in [5, 5.41) is 9.79. The van der Waals surface area contributed by atoms with Gasteiger partial charge in [0.2, 0.25) is 0 Å². The molecule has 1 unspecified atom stereocenters. The molecule has 3 nitrogen and oxygen atoms in total. The number of hydrogen-bond acceptors (Lipinski definition) is 3. The van der Waals surface area contributed by atoms with Gasteiger partial charge in [0.05, 0.1) is 11.8 Å². The van der Waals surface area contributed by atoms with Crippen LogP contribution in [0.3, 0.4) is 0 Å². The summed E-state index contributed by atoms with van der Waals surface area (Å²) in [6.07, 6.45) is 0.512. The lowest BCUT2D eigenvalue weighted by molar-refractivity contribution is 0.198. The molecular weight excluding hydrogens is 243 g/mol. The Morgan fingerprint density at radius 2 is 1.95 bits per heavy atom. The third-order valence-electron chi connectivity index (χ3n) is 3.70. The van der Waals surface area contributed by atoms with E-state index in [-0.39, 0.29) is 5.82 Å². The van der Waals surface area contributed by atoms with Crippen LogP contribution in [0.2, 0.25) is 0 Å². The van der Waals surface area contributed by atoms with Crippen molar-refractivity contribution in [2.45, 2.75) is 26.4 Å². The van der Waals surface area contributed by atoms with E-state index in [0.29, 0.717) is 11.3 Å². The Hall–Kier alpha value is -1.13. The van der Waals surface area contributed by atoms with Crippen molar-refractivity contribution < 1.29 is 9.50 Å². The first-order valence-corrected chi connectivity index (χ1v) is 7.07. The Morgan fingerprint density at radius 3 is 2.53 bits per heavy atom. The fourth-order valence-electron chi connectivity index (χ4n) is 2.71. The number of halogens is 1. The fraction of sp³-hybridized carbons (Fsp3) is 0.600. The van der Waals surface area contributed by atoms with E-state index in [4.69, 9.17) is 0 Å². The summed E-state index contributed by atoms with van der Waals surface area (Å²) in [6.45, 7) is 8.53. The molecule has 1 aromatic carbocycles. The van der Waals surface area contributed by atoms with Gasteiger partial charge in [0, 0.05) is 31.7 Å². The van der Waals surface area contributed by atoms with Crippen molar-refractivity contribution in [2.75, 3.05) is 37.6 Å². The standard InChI is InChI=1S/C15H23FN2O/c1-3-7-17-8-10-18(11-9-17)15-13(12(2)19)5-4-6-14(15)16/h4-6,12,19H,3,7-11H2,1-2H3. The summed E-state index contributed by atoms with van der Waals surface area (Å²) in [4.78, 5) is 4.46. The number of piperazine rings is 1. The summed E-state index contributed by atoms with van der Waals surface area (Å²) in [5.74, 6) is -0.234. The number of anilines is 1. The maximum atomic E-state index is 14.1. The highest BCUT2D eigenvalue weighted by Gasteiger charge is 2.22. The van der Waals surface area contributed by atoms with E-state index in [1.807, 2.05) is 6.07 Å². The van der Waals surface area contributed by atoms with Gasteiger partial charge in [0.25, 0.3) is 0 Å². The van der Waals surface area contributed by atoms with Gasteiger partial charge < -0.3 is 10.0 Å². The van der Waals surface area contributed by atoms with Crippen molar-refractivity contribution >= 4 is 5.69 Å². The van der Waals surface area contributed by atoms with E-state index in [1.54, 1.807) is 13.0 Å². The molecule has 1 aliphatic rings. The molecule has 1 N–H and O–H groups in total. The molecule has 0 aromatic heterocycles. The lowest BCUT2D eigenvalue weighted by Crippen LogP contribution is -2.47. The molecule has 0 radical (unpaired) electrons. The first-order chi connectivity index (χ1) is 9.13. The smallest absolute Gasteiger partial charge is 0.146 e. The monoisotopic (exact) mass is 266 g/mol. The number of nitrogens with zero attached hydrogens (tertiary/aromatic N) is 2. The van der Waals surface area contributed by atoms with Crippen molar-refractivity contribution in [2.24, 2.45) is 0 Å². The van der Waals surface area contributed by atoms with E-state index < -0.39 is 6.10 Å². The van der Waals surface area contributed by atoms with Crippen molar-refractivity contribution in [1.82, 2.24) is 4.90 Å². The van der Waals surface area contributed by atoms with Crippen LogP contribution in [0, 0.1) is 5.82 Å². The summed E-state index contributed by atoms with van der Waals surface area (Å²) in [5.41, 5.74) is 1.26. The Balaban J connectivity index is 2.15. The first-order valence-electron chi connectivity index (χ1n) is 7.07. The molecule has 1 atom stereocenters. The van der Waals surface area contributed by atoms with Crippen LogP contribution < -0.4 is 4.90 Å². The summed E-state index contributed by atoms with van der Waals surface area (Å²) in [6, 6.07) is 4.94. The number of benzene rings is 1. The van der Waals surface area contributed by atoms with Gasteiger partial charge in [-0.15, -0.1) is 0 Å². The molecule has 19 heavy (non-hydrogen) atoms. The zero-order chi connectivity index (χ0) is 13.8. The summed E-state index contributed by atoms with van der Waals surface area (Å²) < 4.78 is 14.1. The number of hydrogen-bond donors (Lipinski definition) is 1. The minimum Gasteiger partial charge on any atom is -0.389 e. The van der Waals surface area contributed by atoms with E-state index in [9.17, 15) is 9.50 Å². The van der Waals surface area contributed by atoms with Crippen molar-refractivity contribution in [3.63, 3.8) is 0 Å². The molecule has 1 fully saturated rings. The van der Waals surface area contributed by atoms with Gasteiger partial charge in [-0.05, 0) is 26.0 Å². The van der Waals surface area contributed by atoms with E-state index in [1.165, 1.54) is 6.07 Å². The van der Waals surface area contributed by atoms with Crippen LogP contribution in [0.15, 0.2) is 18.2 Å². The molecule has 2 rings (SSSR count). The normalized spacial score (nSPS) is 18.6. The minimum atomic E-state index is -0.639. The molecule has 0 aliphatic carbocycles. The predicted molar refractivity (Wildman–Crippen MR) is 76.0 cm³/mol. The topological polar surface area (TPSA) is 26.7 Å². The number of para-hydroxylation sites is 1. The second-order valence-corrected chi connectivity index (χ2v) is 5.18. The van der Waals surface area contributed by atoms with Crippen LogP contribution in [0.1, 0.15) is 31.9 Å². The third kappa shape index (κ3) is 3.25. The maximum absolute atomic E-state index is 14.1. The molecule has 1 aromatic rings. The SMILES string of the molecule is CCCN1CCN(c2c(F)cccc2C(C)O)CC1. The van der Waals surface area contributed by atoms with Gasteiger partial charge >= 0.3 is 0 Å². The van der Waals surface area contributed by atoms with Gasteiger partial charge in [-0.3, -0.25) is 4.90 Å². The van der Waals surface area contributed by atoms with Gasteiger partial charge in [-0.1, -0.05) is 19.1 Å². The highest BCUT2D eigenvalue weighted by molar-refractivity contribution is 5.56. The van der Waals surface area contributed by atoms with Crippen LogP contribution >= 0.6 is 0 Å². The Morgan fingerprint density at radius 1 is 1.26 bits per heavy atom. The van der Waals surface area contributed by atoms with E-state index in [0.717, 1.165) is 39.1 Å². The first kappa shape index (κ1) is 14.3. The average molecular weight is 266 g/mol. The highest BCUT2D eigenvalue weighted by atomic mass is 19.1. The molecule has 0 spiro atoms. The Labute approximate surface area is 114 Å². The molecule has 0 amide bonds. The molecular formula is C15H23FN2O. The third-order valence-corrected chi connectivity index (χ3v) is 3.70. The Bertz CT molecular complexity index is 415. The van der Waals surface area contributed by atoms with Crippen molar-refractivity contribution in [3.8, 4) is 0 Å². The van der Waals surface area contributed by atoms with Crippen LogP contribution in [0.4, 0.5) is 10.1 Å². The van der Waals surface area contributed by atoms with Gasteiger partial charge in [0.15, 0.2) is 0 Å². The van der Waals surface area contributed by atoms with Gasteiger partial charge in [-0.2, -0.15) is 0 Å². The molecule has 106 valence electrons. The van der Waals surface area contributed by atoms with E-state index in [2.05, 4.69) is 16.7 Å². The highest BCUT2D eigenvalue weighted by Crippen LogP contribution is 2.30. The number of aliphatic hydroxyl groups is 1. The molecule has 1 aliphatic heterocycles. The fourth-order valence-corrected chi connectivity index (χ4v) is 2.71. The summed E-state index contributed by atoms with van der Waals surface area (Å²) >= 11 is 0. The molecule has 0 saturated carbocycles. The van der Waals surface area contributed by atoms with Crippen LogP contribution in [0.25, 0.3) is 0 Å². The molecule has 4 heteroatoms. The van der Waals surface area contributed by atoms with Gasteiger partial charge in [-0.25, -0.2) is 4.39 Å². The van der Waals surface area contributed by atoms with Crippen LogP contribution in [-0.4, -0.2) is 42.7 Å². The zero-order valence-electron chi connectivity index (χ0n) is 11.8. The largest absolute Gasteiger partial charge is 0.389 e. The lowest BCUT2D eigenvalue weighted by atomic mass is 10.1. The van der Waals surface area contributed by atoms with Crippen molar-refractivity contribution in [3.05, 3.63) is 29.6 Å². The van der Waals surface area contributed by atoms with E-state index >= 15 is 0 Å². The molecule has 1 saturated heterocycles. The lowest BCUT2D eigenvalue weighted by Gasteiger charge is -2.37. The zero-order valence-corrected chi connectivity index (χ0v) is 11.8. The van der Waals surface area contributed by atoms with Crippen molar-refractivity contribution in [1.29, 1.82) is 0 Å². The number of rotatable bonds is 4. The summed E-state index contributed by atoms with van der Waals surface area (Å²) in [7, 11) is 0. The van der Waals surface area contributed by atoms with Crippen LogP contribution in [0.5, 0.6) is 0 Å². The maximum Gasteiger partial charge on any atom is 0.146 e. The predicted octanol–water partition coefficient (Wildman–Crippen LogP) is 2.41. The quantitative estimate of drug-likeness (QED) is 0.906. The Kier molecular flexibility index (Phi) is 4.77. The second kappa shape index (κ2) is 6.35.